The molecule has 2 amide bonds. The molecule has 0 saturated carbocycles. The van der Waals surface area contributed by atoms with E-state index >= 15 is 0 Å². The van der Waals surface area contributed by atoms with Gasteiger partial charge in [0.1, 0.15) is 6.04 Å². The topological polar surface area (TPSA) is 95.9 Å². The van der Waals surface area contributed by atoms with E-state index in [0.29, 0.717) is 19.4 Å². The number of esters is 1. The van der Waals surface area contributed by atoms with Crippen LogP contribution in [-0.2, 0) is 19.1 Å². The summed E-state index contributed by atoms with van der Waals surface area (Å²) in [6.07, 6.45) is 5.00. The van der Waals surface area contributed by atoms with Crippen molar-refractivity contribution in [1.29, 1.82) is 0 Å². The van der Waals surface area contributed by atoms with E-state index in [0.717, 1.165) is 0 Å². The summed E-state index contributed by atoms with van der Waals surface area (Å²) < 4.78 is 5.24. The van der Waals surface area contributed by atoms with Gasteiger partial charge in [0.25, 0.3) is 0 Å². The maximum atomic E-state index is 13.3. The van der Waals surface area contributed by atoms with Gasteiger partial charge in [-0.15, -0.1) is 0 Å². The molecule has 28 heavy (non-hydrogen) atoms. The van der Waals surface area contributed by atoms with Gasteiger partial charge in [0.05, 0.1) is 18.4 Å². The maximum Gasteiger partial charge on any atom is 0.310 e. The van der Waals surface area contributed by atoms with E-state index in [1.807, 2.05) is 39.8 Å². The lowest BCUT2D eigenvalue weighted by Gasteiger charge is -2.33. The summed E-state index contributed by atoms with van der Waals surface area (Å²) in [5.74, 6) is -2.44. The minimum atomic E-state index is -0.656. The van der Waals surface area contributed by atoms with Crippen molar-refractivity contribution in [3.63, 3.8) is 0 Å². The van der Waals surface area contributed by atoms with Gasteiger partial charge in [0.2, 0.25) is 11.8 Å². The van der Waals surface area contributed by atoms with Crippen molar-refractivity contribution in [3.05, 3.63) is 12.2 Å². The number of unbranched alkanes of at least 4 members (excludes halogenated alkanes) is 1. The van der Waals surface area contributed by atoms with Gasteiger partial charge in [-0.2, -0.15) is 0 Å². The second-order valence-corrected chi connectivity index (χ2v) is 8.77. The monoisotopic (exact) mass is 394 g/mol. The molecule has 7 heteroatoms. The van der Waals surface area contributed by atoms with Crippen LogP contribution in [-0.4, -0.2) is 59.1 Å². The molecule has 2 aliphatic rings. The quantitative estimate of drug-likeness (QED) is 0.388. The van der Waals surface area contributed by atoms with E-state index in [1.165, 1.54) is 0 Å². The molecular weight excluding hydrogens is 360 g/mol. The lowest BCUT2D eigenvalue weighted by Crippen LogP contribution is -2.52. The van der Waals surface area contributed by atoms with Gasteiger partial charge >= 0.3 is 5.97 Å². The fraction of sp³-hybridized carbons (Fsp3) is 0.762. The van der Waals surface area contributed by atoms with E-state index < -0.39 is 23.4 Å². The molecule has 158 valence electrons. The Kier molecular flexibility index (Phi) is 7.26. The number of fused-ring (bicyclic) bond motifs is 1. The van der Waals surface area contributed by atoms with Crippen LogP contribution in [0.5, 0.6) is 0 Å². The fourth-order valence-corrected chi connectivity index (χ4v) is 4.27. The molecule has 1 saturated heterocycles. The lowest BCUT2D eigenvalue weighted by molar-refractivity contribution is -0.155. The standard InChI is InChI=1S/C21H34N2O5/c1-6-28-20(27)15-13(2)9-10-14-16(15)19(26)23(11-7-8-12-24)17(14)18(25)22-21(3,4)5/h9-10,13-17,24H,6-8,11-12H2,1-5H3,(H,22,25)/t13-,14+,15-,16+,17+/m1/s1. The number of aliphatic hydroxyl groups excluding tert-OH is 1. The molecule has 1 fully saturated rings. The van der Waals surface area contributed by atoms with E-state index in [9.17, 15) is 14.4 Å². The first-order valence-corrected chi connectivity index (χ1v) is 10.2. The fourth-order valence-electron chi connectivity index (χ4n) is 4.27. The molecule has 5 atom stereocenters. The predicted molar refractivity (Wildman–Crippen MR) is 105 cm³/mol. The number of hydrogen-bond acceptors (Lipinski definition) is 5. The summed E-state index contributed by atoms with van der Waals surface area (Å²) >= 11 is 0. The Morgan fingerprint density at radius 1 is 1.25 bits per heavy atom. The Balaban J connectivity index is 2.38. The van der Waals surface area contributed by atoms with Crippen LogP contribution < -0.4 is 5.32 Å². The third-order valence-corrected chi connectivity index (χ3v) is 5.41. The molecule has 0 unspecified atom stereocenters. The number of likely N-dealkylation sites (tertiary alicyclic amines) is 1. The minimum Gasteiger partial charge on any atom is -0.466 e. The summed E-state index contributed by atoms with van der Waals surface area (Å²) in [5.41, 5.74) is -0.429. The summed E-state index contributed by atoms with van der Waals surface area (Å²) in [5, 5.41) is 12.1. The highest BCUT2D eigenvalue weighted by atomic mass is 16.5. The number of rotatable bonds is 7. The first-order valence-electron chi connectivity index (χ1n) is 10.2. The second-order valence-electron chi connectivity index (χ2n) is 8.77. The summed E-state index contributed by atoms with van der Waals surface area (Å²) in [4.78, 5) is 40.6. The zero-order chi connectivity index (χ0) is 21.1. The van der Waals surface area contributed by atoms with Crippen molar-refractivity contribution in [3.8, 4) is 0 Å². The highest BCUT2D eigenvalue weighted by molar-refractivity contribution is 5.96. The van der Waals surface area contributed by atoms with Crippen LogP contribution in [0.2, 0.25) is 0 Å². The van der Waals surface area contributed by atoms with Crippen molar-refractivity contribution in [2.75, 3.05) is 19.8 Å². The first kappa shape index (κ1) is 22.4. The van der Waals surface area contributed by atoms with Crippen LogP contribution in [0.4, 0.5) is 0 Å². The molecule has 2 rings (SSSR count). The van der Waals surface area contributed by atoms with Crippen LogP contribution in [0.3, 0.4) is 0 Å². The van der Waals surface area contributed by atoms with Crippen molar-refractivity contribution in [1.82, 2.24) is 10.2 Å². The molecule has 0 spiro atoms. The molecule has 0 aromatic rings. The number of carbonyl (C=O) groups is 3. The third kappa shape index (κ3) is 4.74. The normalized spacial score (nSPS) is 29.6. The number of hydrogen-bond donors (Lipinski definition) is 2. The maximum absolute atomic E-state index is 13.3. The Morgan fingerprint density at radius 2 is 1.93 bits per heavy atom. The van der Waals surface area contributed by atoms with Crippen LogP contribution in [0.15, 0.2) is 12.2 Å². The smallest absolute Gasteiger partial charge is 0.310 e. The van der Waals surface area contributed by atoms with Crippen LogP contribution in [0.1, 0.15) is 47.5 Å². The first-order chi connectivity index (χ1) is 13.1. The van der Waals surface area contributed by atoms with Gasteiger partial charge in [-0.05, 0) is 46.5 Å². The average molecular weight is 395 g/mol. The SMILES string of the molecule is CCOC(=O)[C@H]1[C@H]2C(=O)N(CCCCO)[C@H](C(=O)NC(C)(C)C)[C@H]2C=C[C@H]1C. The van der Waals surface area contributed by atoms with E-state index in [2.05, 4.69) is 5.32 Å². The highest BCUT2D eigenvalue weighted by Crippen LogP contribution is 2.44. The second kappa shape index (κ2) is 9.07. The largest absolute Gasteiger partial charge is 0.466 e. The average Bonchev–Trinajstić information content (AvgIpc) is 2.86. The van der Waals surface area contributed by atoms with Gasteiger partial charge in [-0.1, -0.05) is 19.1 Å². The van der Waals surface area contributed by atoms with Gasteiger partial charge < -0.3 is 20.1 Å². The van der Waals surface area contributed by atoms with Gasteiger partial charge in [0.15, 0.2) is 0 Å². The van der Waals surface area contributed by atoms with Gasteiger partial charge in [0, 0.05) is 24.6 Å². The molecule has 1 aliphatic carbocycles. The summed E-state index contributed by atoms with van der Waals surface area (Å²) in [6.45, 7) is 10.0. The van der Waals surface area contributed by atoms with Crippen LogP contribution in [0.25, 0.3) is 0 Å². The molecular formula is C21H34N2O5. The number of allylic oxidation sites excluding steroid dienone is 1. The highest BCUT2D eigenvalue weighted by Gasteiger charge is 2.57. The number of amides is 2. The van der Waals surface area contributed by atoms with E-state index in [4.69, 9.17) is 9.84 Å². The number of carbonyl (C=O) groups excluding carboxylic acids is 3. The minimum absolute atomic E-state index is 0.0378. The zero-order valence-electron chi connectivity index (χ0n) is 17.6. The number of aliphatic hydroxyl groups is 1. The van der Waals surface area contributed by atoms with Gasteiger partial charge in [-0.25, -0.2) is 0 Å². The molecule has 0 aromatic carbocycles. The Morgan fingerprint density at radius 3 is 2.50 bits per heavy atom. The van der Waals surface area contributed by atoms with E-state index in [1.54, 1.807) is 11.8 Å². The zero-order valence-corrected chi connectivity index (χ0v) is 17.6. The van der Waals surface area contributed by atoms with Crippen molar-refractivity contribution in [2.24, 2.45) is 23.7 Å². The Hall–Kier alpha value is -1.89. The lowest BCUT2D eigenvalue weighted by atomic mass is 9.70. The summed E-state index contributed by atoms with van der Waals surface area (Å²) in [7, 11) is 0. The molecule has 7 nitrogen and oxygen atoms in total. The third-order valence-electron chi connectivity index (χ3n) is 5.41. The Labute approximate surface area is 167 Å². The number of nitrogens with zero attached hydrogens (tertiary/aromatic N) is 1. The predicted octanol–water partition coefficient (Wildman–Crippen LogP) is 1.50. The Bertz CT molecular complexity index is 625. The van der Waals surface area contributed by atoms with Crippen LogP contribution in [0, 0.1) is 23.7 Å². The molecule has 1 aliphatic heterocycles. The molecule has 2 N–H and O–H groups in total. The number of nitrogens with one attached hydrogen (secondary N) is 1. The summed E-state index contributed by atoms with van der Waals surface area (Å²) in [6, 6.07) is -0.656. The van der Waals surface area contributed by atoms with Crippen molar-refractivity contribution < 1.29 is 24.2 Å². The molecule has 1 heterocycles. The molecule has 0 radical (unpaired) electrons. The van der Waals surface area contributed by atoms with E-state index in [-0.39, 0.29) is 42.8 Å². The van der Waals surface area contributed by atoms with Crippen molar-refractivity contribution in [2.45, 2.75) is 59.0 Å². The van der Waals surface area contributed by atoms with Gasteiger partial charge in [-0.3, -0.25) is 14.4 Å². The molecule has 0 aromatic heterocycles. The number of ether oxygens (including phenoxy) is 1. The van der Waals surface area contributed by atoms with Crippen LogP contribution >= 0.6 is 0 Å². The molecule has 0 bridgehead atoms. The van der Waals surface area contributed by atoms with Crippen molar-refractivity contribution >= 4 is 17.8 Å².